The lowest BCUT2D eigenvalue weighted by Crippen LogP contribution is -2.41. The molecule has 3 rings (SSSR count). The van der Waals surface area contributed by atoms with E-state index in [9.17, 15) is 9.59 Å². The van der Waals surface area contributed by atoms with Gasteiger partial charge in [0.25, 0.3) is 5.91 Å². The van der Waals surface area contributed by atoms with Gasteiger partial charge in [-0.05, 0) is 31.4 Å². The van der Waals surface area contributed by atoms with Crippen LogP contribution in [-0.2, 0) is 9.53 Å². The van der Waals surface area contributed by atoms with Gasteiger partial charge < -0.3 is 19.6 Å². The maximum Gasteiger partial charge on any atom is 0.356 e. The summed E-state index contributed by atoms with van der Waals surface area (Å²) >= 11 is 0. The summed E-state index contributed by atoms with van der Waals surface area (Å²) in [6, 6.07) is 3.11. The summed E-state index contributed by atoms with van der Waals surface area (Å²) in [6.07, 6.45) is 2.31. The molecule has 124 valence electrons. The van der Waals surface area contributed by atoms with Crippen LogP contribution in [0.1, 0.15) is 29.8 Å². The average molecular weight is 320 g/mol. The molecule has 1 N–H and O–H groups in total. The van der Waals surface area contributed by atoms with E-state index in [-0.39, 0.29) is 17.7 Å². The molecule has 2 aliphatic heterocycles. The third kappa shape index (κ3) is 3.58. The molecule has 8 nitrogen and oxygen atoms in total. The molecule has 2 saturated heterocycles. The normalized spacial score (nSPS) is 22.0. The van der Waals surface area contributed by atoms with Gasteiger partial charge in [-0.15, -0.1) is 10.2 Å². The van der Waals surface area contributed by atoms with E-state index in [1.54, 1.807) is 6.07 Å². The Morgan fingerprint density at radius 3 is 2.65 bits per heavy atom. The van der Waals surface area contributed by atoms with Crippen molar-refractivity contribution >= 4 is 17.7 Å². The number of anilines is 1. The topological polar surface area (TPSA) is 95.9 Å². The van der Waals surface area contributed by atoms with Crippen molar-refractivity contribution in [3.05, 3.63) is 17.8 Å². The Labute approximate surface area is 134 Å². The zero-order chi connectivity index (χ0) is 16.2. The van der Waals surface area contributed by atoms with E-state index in [2.05, 4.69) is 10.2 Å². The van der Waals surface area contributed by atoms with E-state index in [0.29, 0.717) is 32.1 Å². The van der Waals surface area contributed by atoms with Crippen LogP contribution in [0.3, 0.4) is 0 Å². The lowest BCUT2D eigenvalue weighted by atomic mass is 10.2. The predicted octanol–water partition coefficient (Wildman–Crippen LogP) is 0.393. The molecule has 1 unspecified atom stereocenters. The molecule has 1 amide bonds. The number of hydrogen-bond acceptors (Lipinski definition) is 6. The van der Waals surface area contributed by atoms with Crippen molar-refractivity contribution in [1.29, 1.82) is 0 Å². The zero-order valence-electron chi connectivity index (χ0n) is 12.8. The summed E-state index contributed by atoms with van der Waals surface area (Å²) in [6.45, 7) is 3.40. The van der Waals surface area contributed by atoms with Crippen molar-refractivity contribution in [3.8, 4) is 0 Å². The monoisotopic (exact) mass is 320 g/mol. The molecule has 0 bridgehead atoms. The van der Waals surface area contributed by atoms with Gasteiger partial charge in [0.1, 0.15) is 6.10 Å². The van der Waals surface area contributed by atoms with Crippen LogP contribution < -0.4 is 4.90 Å². The summed E-state index contributed by atoms with van der Waals surface area (Å²) in [7, 11) is 0. The summed E-state index contributed by atoms with van der Waals surface area (Å²) < 4.78 is 5.47. The van der Waals surface area contributed by atoms with E-state index < -0.39 is 5.97 Å². The zero-order valence-corrected chi connectivity index (χ0v) is 12.8. The smallest absolute Gasteiger partial charge is 0.356 e. The lowest BCUT2D eigenvalue weighted by Gasteiger charge is -2.24. The van der Waals surface area contributed by atoms with Crippen LogP contribution in [0.5, 0.6) is 0 Å². The maximum atomic E-state index is 12.4. The first-order valence-electron chi connectivity index (χ1n) is 7.87. The number of hydrogen-bond donors (Lipinski definition) is 1. The Hall–Kier alpha value is -2.22. The summed E-state index contributed by atoms with van der Waals surface area (Å²) in [4.78, 5) is 27.1. The van der Waals surface area contributed by atoms with Gasteiger partial charge in [0.2, 0.25) is 0 Å². The third-order valence-electron chi connectivity index (χ3n) is 4.21. The fraction of sp³-hybridized carbons (Fsp3) is 0.600. The standard InChI is InChI=1S/C15H20N4O4/c20-14(12-3-1-10-23-12)19-7-2-6-18(8-9-19)13-5-4-11(15(21)22)16-17-13/h4-5,12H,1-3,6-10H2,(H,21,22). The predicted molar refractivity (Wildman–Crippen MR) is 81.4 cm³/mol. The SMILES string of the molecule is O=C(O)c1ccc(N2CCCN(C(=O)C3CCCO3)CC2)nn1. The first-order chi connectivity index (χ1) is 11.1. The number of nitrogens with zero attached hydrogens (tertiary/aromatic N) is 4. The van der Waals surface area contributed by atoms with E-state index in [1.807, 2.05) is 9.80 Å². The Kier molecular flexibility index (Phi) is 4.71. The highest BCUT2D eigenvalue weighted by molar-refractivity contribution is 5.85. The van der Waals surface area contributed by atoms with Gasteiger partial charge >= 0.3 is 5.97 Å². The summed E-state index contributed by atoms with van der Waals surface area (Å²) in [5, 5.41) is 16.5. The largest absolute Gasteiger partial charge is 0.476 e. The van der Waals surface area contributed by atoms with Crippen LogP contribution in [-0.4, -0.2) is 71.0 Å². The number of carboxylic acid groups (broad SMARTS) is 1. The van der Waals surface area contributed by atoms with Gasteiger partial charge in [-0.2, -0.15) is 0 Å². The molecule has 2 fully saturated rings. The van der Waals surface area contributed by atoms with Gasteiger partial charge in [-0.25, -0.2) is 4.79 Å². The van der Waals surface area contributed by atoms with Gasteiger partial charge in [-0.1, -0.05) is 0 Å². The van der Waals surface area contributed by atoms with Crippen molar-refractivity contribution in [2.75, 3.05) is 37.7 Å². The first kappa shape index (κ1) is 15.7. The van der Waals surface area contributed by atoms with Crippen molar-refractivity contribution < 1.29 is 19.4 Å². The number of carboxylic acids is 1. The number of aromatic carboxylic acids is 1. The average Bonchev–Trinajstić information content (AvgIpc) is 2.99. The molecular formula is C15H20N4O4. The third-order valence-corrected chi connectivity index (χ3v) is 4.21. The molecule has 0 spiro atoms. The number of rotatable bonds is 3. The Morgan fingerprint density at radius 1 is 1.13 bits per heavy atom. The quantitative estimate of drug-likeness (QED) is 0.860. The van der Waals surface area contributed by atoms with Crippen molar-refractivity contribution in [3.63, 3.8) is 0 Å². The summed E-state index contributed by atoms with van der Waals surface area (Å²) in [5.41, 5.74) is -0.0706. The van der Waals surface area contributed by atoms with Crippen molar-refractivity contribution in [1.82, 2.24) is 15.1 Å². The molecule has 1 atom stereocenters. The molecule has 0 radical (unpaired) electrons. The first-order valence-corrected chi connectivity index (χ1v) is 7.87. The molecular weight excluding hydrogens is 300 g/mol. The maximum absolute atomic E-state index is 12.4. The van der Waals surface area contributed by atoms with Gasteiger partial charge in [0, 0.05) is 32.8 Å². The van der Waals surface area contributed by atoms with Crippen molar-refractivity contribution in [2.45, 2.75) is 25.4 Å². The molecule has 0 aliphatic carbocycles. The van der Waals surface area contributed by atoms with Crippen LogP contribution in [0.15, 0.2) is 12.1 Å². The Bertz CT molecular complexity index is 571. The molecule has 8 heteroatoms. The van der Waals surface area contributed by atoms with Crippen LogP contribution in [0.25, 0.3) is 0 Å². The Morgan fingerprint density at radius 2 is 2.00 bits per heavy atom. The fourth-order valence-electron chi connectivity index (χ4n) is 2.95. The second-order valence-corrected chi connectivity index (χ2v) is 5.75. The minimum atomic E-state index is -1.09. The molecule has 0 aromatic carbocycles. The second-order valence-electron chi connectivity index (χ2n) is 5.75. The molecule has 23 heavy (non-hydrogen) atoms. The molecule has 3 heterocycles. The molecule has 2 aliphatic rings. The van der Waals surface area contributed by atoms with E-state index in [0.717, 1.165) is 25.8 Å². The Balaban J connectivity index is 1.61. The highest BCUT2D eigenvalue weighted by atomic mass is 16.5. The number of ether oxygens (including phenoxy) is 1. The minimum Gasteiger partial charge on any atom is -0.476 e. The number of carbonyl (C=O) groups is 2. The number of aromatic nitrogens is 2. The van der Waals surface area contributed by atoms with E-state index in [1.165, 1.54) is 6.07 Å². The van der Waals surface area contributed by atoms with Crippen LogP contribution in [0.4, 0.5) is 5.82 Å². The van der Waals surface area contributed by atoms with Crippen LogP contribution in [0.2, 0.25) is 0 Å². The fourth-order valence-corrected chi connectivity index (χ4v) is 2.95. The number of carbonyl (C=O) groups excluding carboxylic acids is 1. The minimum absolute atomic E-state index is 0.0706. The number of amides is 1. The van der Waals surface area contributed by atoms with Gasteiger partial charge in [0.15, 0.2) is 11.5 Å². The highest BCUT2D eigenvalue weighted by Crippen LogP contribution is 2.18. The molecule has 1 aromatic rings. The van der Waals surface area contributed by atoms with Crippen LogP contribution in [0, 0.1) is 0 Å². The van der Waals surface area contributed by atoms with E-state index >= 15 is 0 Å². The molecule has 1 aromatic heterocycles. The highest BCUT2D eigenvalue weighted by Gasteiger charge is 2.29. The molecule has 0 saturated carbocycles. The van der Waals surface area contributed by atoms with Gasteiger partial charge in [0.05, 0.1) is 0 Å². The lowest BCUT2D eigenvalue weighted by molar-refractivity contribution is -0.140. The summed E-state index contributed by atoms with van der Waals surface area (Å²) in [5.74, 6) is -0.369. The van der Waals surface area contributed by atoms with Crippen molar-refractivity contribution in [2.24, 2.45) is 0 Å². The van der Waals surface area contributed by atoms with Crippen LogP contribution >= 0.6 is 0 Å². The van der Waals surface area contributed by atoms with Gasteiger partial charge in [-0.3, -0.25) is 4.79 Å². The van der Waals surface area contributed by atoms with E-state index in [4.69, 9.17) is 9.84 Å². The second kappa shape index (κ2) is 6.91.